The molecule has 0 aliphatic heterocycles. The molecule has 0 spiro atoms. The van der Waals surface area contributed by atoms with Crippen molar-refractivity contribution in [2.75, 3.05) is 10.6 Å². The van der Waals surface area contributed by atoms with E-state index in [4.69, 9.17) is 11.6 Å². The average Bonchev–Trinajstić information content (AvgIpc) is 2.57. The monoisotopic (exact) mass is 341 g/mol. The summed E-state index contributed by atoms with van der Waals surface area (Å²) in [7, 11) is 0. The zero-order valence-electron chi connectivity index (χ0n) is 12.5. The number of halogens is 2. The maximum atomic E-state index is 12.9. The maximum Gasteiger partial charge on any atom is 0.255 e. The van der Waals surface area contributed by atoms with Crippen molar-refractivity contribution in [2.45, 2.75) is 0 Å². The zero-order chi connectivity index (χ0) is 16.9. The van der Waals surface area contributed by atoms with E-state index in [-0.39, 0.29) is 11.7 Å². The van der Waals surface area contributed by atoms with Crippen molar-refractivity contribution in [1.29, 1.82) is 0 Å². The number of nitrogens with one attached hydrogen (secondary N) is 2. The predicted octanol–water partition coefficient (Wildman–Crippen LogP) is 4.87. The van der Waals surface area contributed by atoms with Crippen molar-refractivity contribution >= 4 is 34.7 Å². The molecule has 0 radical (unpaired) electrons. The molecule has 0 saturated heterocycles. The molecule has 2 N–H and O–H groups in total. The SMILES string of the molecule is O=C(Nc1ccc(Nc2cccc(Cl)c2)nc1)c1ccc(F)cc1. The van der Waals surface area contributed by atoms with Crippen LogP contribution in [0.2, 0.25) is 5.02 Å². The fourth-order valence-electron chi connectivity index (χ4n) is 2.06. The fraction of sp³-hybridized carbons (Fsp3) is 0. The molecule has 120 valence electrons. The molecule has 1 aromatic heterocycles. The Kier molecular flexibility index (Phi) is 4.72. The Hall–Kier alpha value is -2.92. The van der Waals surface area contributed by atoms with Crippen LogP contribution in [-0.2, 0) is 0 Å². The lowest BCUT2D eigenvalue weighted by Crippen LogP contribution is -2.12. The first kappa shape index (κ1) is 16.0. The molecule has 1 heterocycles. The normalized spacial score (nSPS) is 10.2. The minimum absolute atomic E-state index is 0.327. The van der Waals surface area contributed by atoms with E-state index in [1.807, 2.05) is 12.1 Å². The number of aromatic nitrogens is 1. The van der Waals surface area contributed by atoms with Crippen molar-refractivity contribution in [1.82, 2.24) is 4.98 Å². The number of hydrogen-bond donors (Lipinski definition) is 2. The summed E-state index contributed by atoms with van der Waals surface area (Å²) in [6.07, 6.45) is 1.54. The second-order valence-electron chi connectivity index (χ2n) is 5.03. The molecule has 24 heavy (non-hydrogen) atoms. The Morgan fingerprint density at radius 3 is 2.46 bits per heavy atom. The third-order valence-electron chi connectivity index (χ3n) is 3.22. The van der Waals surface area contributed by atoms with E-state index in [0.717, 1.165) is 5.69 Å². The summed E-state index contributed by atoms with van der Waals surface area (Å²) in [6, 6.07) is 16.1. The highest BCUT2D eigenvalue weighted by molar-refractivity contribution is 6.30. The number of rotatable bonds is 4. The molecule has 0 aliphatic carbocycles. The smallest absolute Gasteiger partial charge is 0.255 e. The molecule has 2 aromatic carbocycles. The summed E-state index contributed by atoms with van der Waals surface area (Å²) in [6.45, 7) is 0. The Bertz CT molecular complexity index is 851. The first-order valence-corrected chi connectivity index (χ1v) is 7.53. The Labute approximate surface area is 143 Å². The maximum absolute atomic E-state index is 12.9. The van der Waals surface area contributed by atoms with Crippen LogP contribution >= 0.6 is 11.6 Å². The van der Waals surface area contributed by atoms with E-state index in [1.165, 1.54) is 30.5 Å². The van der Waals surface area contributed by atoms with Gasteiger partial charge < -0.3 is 10.6 Å². The van der Waals surface area contributed by atoms with Crippen LogP contribution in [0.4, 0.5) is 21.6 Å². The minimum atomic E-state index is -0.385. The van der Waals surface area contributed by atoms with Gasteiger partial charge in [-0.3, -0.25) is 4.79 Å². The number of nitrogens with zero attached hydrogens (tertiary/aromatic N) is 1. The molecule has 0 bridgehead atoms. The van der Waals surface area contributed by atoms with Gasteiger partial charge in [0.2, 0.25) is 0 Å². The van der Waals surface area contributed by atoms with Crippen molar-refractivity contribution < 1.29 is 9.18 Å². The standard InChI is InChI=1S/C18H13ClFN3O/c19-13-2-1-3-15(10-13)22-17-9-8-16(11-21-17)23-18(24)12-4-6-14(20)7-5-12/h1-11H,(H,21,22)(H,23,24). The topological polar surface area (TPSA) is 54.0 Å². The zero-order valence-corrected chi connectivity index (χ0v) is 13.2. The van der Waals surface area contributed by atoms with E-state index < -0.39 is 0 Å². The third-order valence-corrected chi connectivity index (χ3v) is 3.46. The second kappa shape index (κ2) is 7.10. The number of hydrogen-bond acceptors (Lipinski definition) is 3. The molecule has 3 aromatic rings. The quantitative estimate of drug-likeness (QED) is 0.711. The molecule has 6 heteroatoms. The number of benzene rings is 2. The van der Waals surface area contributed by atoms with Crippen molar-refractivity contribution in [2.24, 2.45) is 0 Å². The van der Waals surface area contributed by atoms with E-state index in [2.05, 4.69) is 15.6 Å². The third kappa shape index (κ3) is 4.08. The predicted molar refractivity (Wildman–Crippen MR) is 93.3 cm³/mol. The molecule has 0 unspecified atom stereocenters. The van der Waals surface area contributed by atoms with Crippen LogP contribution in [0.5, 0.6) is 0 Å². The lowest BCUT2D eigenvalue weighted by Gasteiger charge is -2.08. The van der Waals surface area contributed by atoms with Gasteiger partial charge in [-0.05, 0) is 54.6 Å². The van der Waals surface area contributed by atoms with Gasteiger partial charge in [0.15, 0.2) is 0 Å². The van der Waals surface area contributed by atoms with Gasteiger partial charge in [0, 0.05) is 16.3 Å². The highest BCUT2D eigenvalue weighted by atomic mass is 35.5. The van der Waals surface area contributed by atoms with Crippen molar-refractivity contribution in [3.8, 4) is 0 Å². The van der Waals surface area contributed by atoms with E-state index in [0.29, 0.717) is 22.1 Å². The summed E-state index contributed by atoms with van der Waals surface area (Å²) in [5.41, 5.74) is 1.73. The highest BCUT2D eigenvalue weighted by Gasteiger charge is 2.06. The van der Waals surface area contributed by atoms with Gasteiger partial charge in [-0.25, -0.2) is 9.37 Å². The lowest BCUT2D eigenvalue weighted by atomic mass is 10.2. The van der Waals surface area contributed by atoms with E-state index in [1.54, 1.807) is 24.3 Å². The number of carbonyl (C=O) groups excluding carboxylic acids is 1. The van der Waals surface area contributed by atoms with Gasteiger partial charge in [-0.1, -0.05) is 17.7 Å². The largest absolute Gasteiger partial charge is 0.340 e. The van der Waals surface area contributed by atoms with E-state index >= 15 is 0 Å². The summed E-state index contributed by atoms with van der Waals surface area (Å²) < 4.78 is 12.9. The van der Waals surface area contributed by atoms with Gasteiger partial charge in [-0.15, -0.1) is 0 Å². The van der Waals surface area contributed by atoms with Crippen LogP contribution in [0, 0.1) is 5.82 Å². The van der Waals surface area contributed by atoms with Crippen LogP contribution in [0.3, 0.4) is 0 Å². The van der Waals surface area contributed by atoms with Gasteiger partial charge in [0.25, 0.3) is 5.91 Å². The number of anilines is 3. The molecule has 1 amide bonds. The Balaban J connectivity index is 1.66. The van der Waals surface area contributed by atoms with E-state index in [9.17, 15) is 9.18 Å². The molecule has 3 rings (SSSR count). The van der Waals surface area contributed by atoms with Gasteiger partial charge >= 0.3 is 0 Å². The van der Waals surface area contributed by atoms with Crippen LogP contribution in [-0.4, -0.2) is 10.9 Å². The second-order valence-corrected chi connectivity index (χ2v) is 5.46. The highest BCUT2D eigenvalue weighted by Crippen LogP contribution is 2.20. The molecular formula is C18H13ClFN3O. The molecule has 4 nitrogen and oxygen atoms in total. The molecular weight excluding hydrogens is 329 g/mol. The lowest BCUT2D eigenvalue weighted by molar-refractivity contribution is 0.102. The number of amides is 1. The van der Waals surface area contributed by atoms with Crippen LogP contribution in [0.1, 0.15) is 10.4 Å². The summed E-state index contributed by atoms with van der Waals surface area (Å²) >= 11 is 5.93. The summed E-state index contributed by atoms with van der Waals surface area (Å²) in [5, 5.41) is 6.45. The van der Waals surface area contributed by atoms with Crippen LogP contribution in [0.25, 0.3) is 0 Å². The summed E-state index contributed by atoms with van der Waals surface area (Å²) in [5.74, 6) is -0.0888. The number of carbonyl (C=O) groups is 1. The average molecular weight is 342 g/mol. The fourth-order valence-corrected chi connectivity index (χ4v) is 2.25. The molecule has 0 fully saturated rings. The molecule has 0 atom stereocenters. The minimum Gasteiger partial charge on any atom is -0.340 e. The van der Waals surface area contributed by atoms with Gasteiger partial charge in [0.05, 0.1) is 11.9 Å². The molecule has 0 aliphatic rings. The number of pyridine rings is 1. The van der Waals surface area contributed by atoms with Crippen LogP contribution < -0.4 is 10.6 Å². The van der Waals surface area contributed by atoms with Gasteiger partial charge in [-0.2, -0.15) is 0 Å². The first-order valence-electron chi connectivity index (χ1n) is 7.16. The van der Waals surface area contributed by atoms with Crippen molar-refractivity contribution in [3.05, 3.63) is 83.3 Å². The first-order chi connectivity index (χ1) is 11.6. The van der Waals surface area contributed by atoms with Crippen LogP contribution in [0.15, 0.2) is 66.9 Å². The Morgan fingerprint density at radius 1 is 1.00 bits per heavy atom. The molecule has 0 saturated carbocycles. The Morgan fingerprint density at radius 2 is 1.79 bits per heavy atom. The van der Waals surface area contributed by atoms with Gasteiger partial charge in [0.1, 0.15) is 11.6 Å². The summed E-state index contributed by atoms with van der Waals surface area (Å²) in [4.78, 5) is 16.3. The van der Waals surface area contributed by atoms with Crippen molar-refractivity contribution in [3.63, 3.8) is 0 Å².